The van der Waals surface area contributed by atoms with Gasteiger partial charge in [-0.3, -0.25) is 0 Å². The predicted molar refractivity (Wildman–Crippen MR) is 94.3 cm³/mol. The lowest BCUT2D eigenvalue weighted by molar-refractivity contribution is 0.414. The smallest absolute Gasteiger partial charge is 0.148 e. The molecule has 0 saturated carbocycles. The third kappa shape index (κ3) is 3.81. The van der Waals surface area contributed by atoms with E-state index in [4.69, 9.17) is 9.47 Å². The van der Waals surface area contributed by atoms with Gasteiger partial charge < -0.3 is 14.8 Å². The number of aromatic nitrogens is 2. The van der Waals surface area contributed by atoms with Crippen LogP contribution in [-0.2, 0) is 6.54 Å². The van der Waals surface area contributed by atoms with Crippen molar-refractivity contribution in [3.05, 3.63) is 66.2 Å². The van der Waals surface area contributed by atoms with Crippen molar-refractivity contribution in [3.8, 4) is 22.8 Å². The Morgan fingerprint density at radius 1 is 0.833 bits per heavy atom. The van der Waals surface area contributed by atoms with Crippen molar-refractivity contribution < 1.29 is 9.47 Å². The first-order valence-electron chi connectivity index (χ1n) is 7.63. The van der Waals surface area contributed by atoms with Crippen molar-refractivity contribution in [2.45, 2.75) is 6.54 Å². The summed E-state index contributed by atoms with van der Waals surface area (Å²) in [5, 5.41) is 11.8. The van der Waals surface area contributed by atoms with Crippen LogP contribution in [-0.4, -0.2) is 24.4 Å². The number of methoxy groups -OCH3 is 2. The molecule has 0 atom stereocenters. The van der Waals surface area contributed by atoms with Crippen LogP contribution < -0.4 is 14.8 Å². The Hall–Kier alpha value is -3.08. The number of hydrogen-bond acceptors (Lipinski definition) is 5. The zero-order valence-electron chi connectivity index (χ0n) is 13.7. The molecule has 0 aliphatic heterocycles. The topological polar surface area (TPSA) is 56.3 Å². The lowest BCUT2D eigenvalue weighted by Gasteiger charge is -2.07. The molecule has 0 radical (unpaired) electrons. The molecule has 0 saturated heterocycles. The SMILES string of the molecule is COc1ccc(CNc2ccc(-c3cccc(OC)c3)nn2)cc1. The minimum atomic E-state index is 0.678. The first-order chi connectivity index (χ1) is 11.8. The Morgan fingerprint density at radius 2 is 1.62 bits per heavy atom. The maximum absolute atomic E-state index is 5.23. The fraction of sp³-hybridized carbons (Fsp3) is 0.158. The van der Waals surface area contributed by atoms with Gasteiger partial charge in [0.05, 0.1) is 19.9 Å². The summed E-state index contributed by atoms with van der Waals surface area (Å²) in [4.78, 5) is 0. The van der Waals surface area contributed by atoms with Crippen LogP contribution in [0.25, 0.3) is 11.3 Å². The molecule has 1 N–H and O–H groups in total. The summed E-state index contributed by atoms with van der Waals surface area (Å²) in [5.41, 5.74) is 2.93. The molecule has 0 bridgehead atoms. The minimum absolute atomic E-state index is 0.678. The monoisotopic (exact) mass is 321 g/mol. The molecule has 0 aliphatic carbocycles. The lowest BCUT2D eigenvalue weighted by atomic mass is 10.1. The average molecular weight is 321 g/mol. The molecular formula is C19H19N3O2. The van der Waals surface area contributed by atoms with Gasteiger partial charge >= 0.3 is 0 Å². The van der Waals surface area contributed by atoms with E-state index >= 15 is 0 Å². The molecule has 3 rings (SSSR count). The molecule has 1 aromatic heterocycles. The number of anilines is 1. The lowest BCUT2D eigenvalue weighted by Crippen LogP contribution is -2.02. The third-order valence-corrected chi connectivity index (χ3v) is 3.66. The highest BCUT2D eigenvalue weighted by atomic mass is 16.5. The Morgan fingerprint density at radius 3 is 2.29 bits per heavy atom. The van der Waals surface area contributed by atoms with Gasteiger partial charge in [-0.25, -0.2) is 0 Å². The second kappa shape index (κ2) is 7.46. The van der Waals surface area contributed by atoms with Crippen LogP contribution in [0.5, 0.6) is 11.5 Å². The Bertz CT molecular complexity index is 786. The summed E-state index contributed by atoms with van der Waals surface area (Å²) in [5.74, 6) is 2.38. The number of benzene rings is 2. The molecule has 0 aliphatic rings. The van der Waals surface area contributed by atoms with E-state index in [1.165, 1.54) is 0 Å². The van der Waals surface area contributed by atoms with Gasteiger partial charge in [0.2, 0.25) is 0 Å². The van der Waals surface area contributed by atoms with E-state index in [2.05, 4.69) is 15.5 Å². The summed E-state index contributed by atoms with van der Waals surface area (Å²) in [6.07, 6.45) is 0. The predicted octanol–water partition coefficient (Wildman–Crippen LogP) is 3.77. The molecule has 122 valence electrons. The van der Waals surface area contributed by atoms with Crippen molar-refractivity contribution in [2.75, 3.05) is 19.5 Å². The van der Waals surface area contributed by atoms with Crippen molar-refractivity contribution in [2.24, 2.45) is 0 Å². The molecule has 5 heteroatoms. The molecule has 24 heavy (non-hydrogen) atoms. The molecule has 2 aromatic carbocycles. The van der Waals surface area contributed by atoms with Gasteiger partial charge in [-0.1, -0.05) is 24.3 Å². The summed E-state index contributed by atoms with van der Waals surface area (Å²) in [6.45, 7) is 0.678. The van der Waals surface area contributed by atoms with Gasteiger partial charge in [0.25, 0.3) is 0 Å². The van der Waals surface area contributed by atoms with Gasteiger partial charge in [0, 0.05) is 12.1 Å². The third-order valence-electron chi connectivity index (χ3n) is 3.66. The van der Waals surface area contributed by atoms with E-state index in [1.54, 1.807) is 14.2 Å². The van der Waals surface area contributed by atoms with Gasteiger partial charge in [-0.05, 0) is 42.0 Å². The van der Waals surface area contributed by atoms with Gasteiger partial charge in [-0.15, -0.1) is 10.2 Å². The number of hydrogen-bond donors (Lipinski definition) is 1. The van der Waals surface area contributed by atoms with Crippen LogP contribution in [0, 0.1) is 0 Å². The number of ether oxygens (including phenoxy) is 2. The molecule has 0 fully saturated rings. The maximum atomic E-state index is 5.23. The molecule has 0 unspecified atom stereocenters. The molecule has 5 nitrogen and oxygen atoms in total. The Kier molecular flexibility index (Phi) is 4.91. The summed E-state index contributed by atoms with van der Waals surface area (Å²) in [6, 6.07) is 19.5. The van der Waals surface area contributed by atoms with E-state index < -0.39 is 0 Å². The number of nitrogens with one attached hydrogen (secondary N) is 1. The molecule has 0 amide bonds. The van der Waals surface area contributed by atoms with Crippen molar-refractivity contribution in [1.82, 2.24) is 10.2 Å². The summed E-state index contributed by atoms with van der Waals surface area (Å²) < 4.78 is 10.4. The van der Waals surface area contributed by atoms with Crippen LogP contribution in [0.2, 0.25) is 0 Å². The van der Waals surface area contributed by atoms with E-state index in [9.17, 15) is 0 Å². The Balaban J connectivity index is 1.65. The maximum Gasteiger partial charge on any atom is 0.148 e. The second-order valence-corrected chi connectivity index (χ2v) is 5.24. The van der Waals surface area contributed by atoms with E-state index in [-0.39, 0.29) is 0 Å². The summed E-state index contributed by atoms with van der Waals surface area (Å²) >= 11 is 0. The largest absolute Gasteiger partial charge is 0.497 e. The summed E-state index contributed by atoms with van der Waals surface area (Å²) in [7, 11) is 3.31. The average Bonchev–Trinajstić information content (AvgIpc) is 2.67. The van der Waals surface area contributed by atoms with Crippen LogP contribution in [0.1, 0.15) is 5.56 Å². The number of nitrogens with zero attached hydrogens (tertiary/aromatic N) is 2. The first kappa shape index (κ1) is 15.8. The fourth-order valence-electron chi connectivity index (χ4n) is 2.30. The van der Waals surface area contributed by atoms with Crippen molar-refractivity contribution in [1.29, 1.82) is 0 Å². The molecule has 3 aromatic rings. The van der Waals surface area contributed by atoms with E-state index in [0.29, 0.717) is 6.54 Å². The first-order valence-corrected chi connectivity index (χ1v) is 7.63. The molecular weight excluding hydrogens is 302 g/mol. The molecule has 1 heterocycles. The molecule has 0 spiro atoms. The van der Waals surface area contributed by atoms with Crippen LogP contribution in [0.15, 0.2) is 60.7 Å². The standard InChI is InChI=1S/C19H19N3O2/c1-23-16-8-6-14(7-9-16)13-20-19-11-10-18(21-22-19)15-4-3-5-17(12-15)24-2/h3-12H,13H2,1-2H3,(H,20,22). The van der Waals surface area contributed by atoms with E-state index in [1.807, 2.05) is 60.7 Å². The van der Waals surface area contributed by atoms with Crippen molar-refractivity contribution in [3.63, 3.8) is 0 Å². The van der Waals surface area contributed by atoms with Crippen LogP contribution >= 0.6 is 0 Å². The highest BCUT2D eigenvalue weighted by Crippen LogP contribution is 2.22. The van der Waals surface area contributed by atoms with Crippen molar-refractivity contribution >= 4 is 5.82 Å². The normalized spacial score (nSPS) is 10.2. The zero-order valence-corrected chi connectivity index (χ0v) is 13.7. The zero-order chi connectivity index (χ0) is 16.8. The quantitative estimate of drug-likeness (QED) is 0.749. The minimum Gasteiger partial charge on any atom is -0.497 e. The highest BCUT2D eigenvalue weighted by molar-refractivity contribution is 5.61. The van der Waals surface area contributed by atoms with Gasteiger partial charge in [0.15, 0.2) is 0 Å². The van der Waals surface area contributed by atoms with Gasteiger partial charge in [0.1, 0.15) is 17.3 Å². The van der Waals surface area contributed by atoms with Crippen LogP contribution in [0.4, 0.5) is 5.82 Å². The fourth-order valence-corrected chi connectivity index (χ4v) is 2.30. The number of rotatable bonds is 6. The Labute approximate surface area is 141 Å². The van der Waals surface area contributed by atoms with Crippen LogP contribution in [0.3, 0.4) is 0 Å². The van der Waals surface area contributed by atoms with Gasteiger partial charge in [-0.2, -0.15) is 0 Å². The highest BCUT2D eigenvalue weighted by Gasteiger charge is 2.03. The second-order valence-electron chi connectivity index (χ2n) is 5.24. The van der Waals surface area contributed by atoms with E-state index in [0.717, 1.165) is 34.1 Å².